The van der Waals surface area contributed by atoms with Crippen molar-refractivity contribution >= 4 is 5.91 Å². The first kappa shape index (κ1) is 15.9. The number of hydrogen-bond acceptors (Lipinski definition) is 1. The lowest BCUT2D eigenvalue weighted by Crippen LogP contribution is -2.43. The van der Waals surface area contributed by atoms with Crippen LogP contribution in [0.25, 0.3) is 11.1 Å². The van der Waals surface area contributed by atoms with Gasteiger partial charge in [0.05, 0.1) is 0 Å². The second kappa shape index (κ2) is 8.06. The van der Waals surface area contributed by atoms with E-state index in [2.05, 4.69) is 35.6 Å². The molecule has 0 atom stereocenters. The Hall–Kier alpha value is -2.94. The third kappa shape index (κ3) is 4.53. The summed E-state index contributed by atoms with van der Waals surface area (Å²) in [7, 11) is 0. The SMILES string of the molecule is O=C(C[n+]1cccc(-c2ccccc2)c1)NCCc1ccccc1. The van der Waals surface area contributed by atoms with E-state index in [1.807, 2.05) is 59.4 Å². The molecule has 3 nitrogen and oxygen atoms in total. The lowest BCUT2D eigenvalue weighted by molar-refractivity contribution is -0.684. The fraction of sp³-hybridized carbons (Fsp3) is 0.143. The van der Waals surface area contributed by atoms with E-state index in [-0.39, 0.29) is 5.91 Å². The summed E-state index contributed by atoms with van der Waals surface area (Å²) in [6, 6.07) is 24.4. The number of nitrogens with zero attached hydrogens (tertiary/aromatic N) is 1. The number of nitrogens with one attached hydrogen (secondary N) is 1. The first-order chi connectivity index (χ1) is 11.8. The number of carbonyl (C=O) groups excluding carboxylic acids is 1. The van der Waals surface area contributed by atoms with Crippen LogP contribution in [-0.4, -0.2) is 12.5 Å². The molecule has 1 N–H and O–H groups in total. The van der Waals surface area contributed by atoms with Crippen LogP contribution in [0.5, 0.6) is 0 Å². The second-order valence-electron chi connectivity index (χ2n) is 5.72. The van der Waals surface area contributed by atoms with Crippen LogP contribution in [0, 0.1) is 0 Å². The number of hydrogen-bond donors (Lipinski definition) is 1. The van der Waals surface area contributed by atoms with Crippen molar-refractivity contribution in [3.63, 3.8) is 0 Å². The van der Waals surface area contributed by atoms with Gasteiger partial charge >= 0.3 is 0 Å². The van der Waals surface area contributed by atoms with Gasteiger partial charge in [-0.2, -0.15) is 4.57 Å². The van der Waals surface area contributed by atoms with Gasteiger partial charge in [0, 0.05) is 18.2 Å². The number of aromatic nitrogens is 1. The highest BCUT2D eigenvalue weighted by molar-refractivity contribution is 5.74. The van der Waals surface area contributed by atoms with Crippen molar-refractivity contribution in [3.05, 3.63) is 90.8 Å². The van der Waals surface area contributed by atoms with Gasteiger partial charge in [-0.1, -0.05) is 60.7 Å². The maximum absolute atomic E-state index is 12.1. The van der Waals surface area contributed by atoms with Gasteiger partial charge < -0.3 is 5.32 Å². The Morgan fingerprint density at radius 3 is 2.25 bits per heavy atom. The van der Waals surface area contributed by atoms with E-state index in [0.29, 0.717) is 13.1 Å². The molecule has 0 aliphatic heterocycles. The fourth-order valence-electron chi connectivity index (χ4n) is 2.63. The molecular formula is C21H21N2O+. The minimum atomic E-state index is 0.0288. The van der Waals surface area contributed by atoms with Gasteiger partial charge in [0.1, 0.15) is 0 Å². The summed E-state index contributed by atoms with van der Waals surface area (Å²) in [5.41, 5.74) is 3.49. The first-order valence-electron chi connectivity index (χ1n) is 8.16. The molecule has 1 aromatic heterocycles. The Balaban J connectivity index is 1.55. The zero-order chi connectivity index (χ0) is 16.6. The van der Waals surface area contributed by atoms with Gasteiger partial charge in [-0.25, -0.2) is 0 Å². The molecule has 0 saturated heterocycles. The molecule has 0 unspecified atom stereocenters. The van der Waals surface area contributed by atoms with E-state index in [1.54, 1.807) is 0 Å². The fourth-order valence-corrected chi connectivity index (χ4v) is 2.63. The molecule has 0 spiro atoms. The molecule has 24 heavy (non-hydrogen) atoms. The first-order valence-corrected chi connectivity index (χ1v) is 8.16. The minimum absolute atomic E-state index is 0.0288. The quantitative estimate of drug-likeness (QED) is 0.697. The minimum Gasteiger partial charge on any atom is -0.350 e. The van der Waals surface area contributed by atoms with Crippen LogP contribution >= 0.6 is 0 Å². The zero-order valence-electron chi connectivity index (χ0n) is 13.6. The maximum Gasteiger partial charge on any atom is 0.285 e. The van der Waals surface area contributed by atoms with Crippen LogP contribution in [0.2, 0.25) is 0 Å². The highest BCUT2D eigenvalue weighted by Crippen LogP contribution is 2.15. The molecule has 120 valence electrons. The standard InChI is InChI=1S/C21H20N2O/c24-21(22-14-13-18-8-3-1-4-9-18)17-23-15-7-12-20(16-23)19-10-5-2-6-11-19/h1-12,15-16H,13-14,17H2/p+1. The predicted octanol–water partition coefficient (Wildman–Crippen LogP) is 3.00. The Morgan fingerprint density at radius 2 is 1.50 bits per heavy atom. The van der Waals surface area contributed by atoms with Crippen molar-refractivity contribution in [2.45, 2.75) is 13.0 Å². The molecule has 1 heterocycles. The summed E-state index contributed by atoms with van der Waals surface area (Å²) in [5.74, 6) is 0.0288. The van der Waals surface area contributed by atoms with Crippen LogP contribution < -0.4 is 9.88 Å². The van der Waals surface area contributed by atoms with Crippen LogP contribution in [0.4, 0.5) is 0 Å². The van der Waals surface area contributed by atoms with Gasteiger partial charge in [-0.3, -0.25) is 4.79 Å². The Bertz CT molecular complexity index is 785. The molecule has 0 aliphatic rings. The Morgan fingerprint density at radius 1 is 0.833 bits per heavy atom. The van der Waals surface area contributed by atoms with Crippen molar-refractivity contribution in [2.75, 3.05) is 6.54 Å². The monoisotopic (exact) mass is 317 g/mol. The highest BCUT2D eigenvalue weighted by Gasteiger charge is 2.10. The summed E-state index contributed by atoms with van der Waals surface area (Å²) in [4.78, 5) is 12.1. The number of rotatable bonds is 6. The lowest BCUT2D eigenvalue weighted by atomic mass is 10.1. The molecule has 1 amide bonds. The summed E-state index contributed by atoms with van der Waals surface area (Å²) in [6.07, 6.45) is 4.77. The van der Waals surface area contributed by atoms with Crippen molar-refractivity contribution in [3.8, 4) is 11.1 Å². The van der Waals surface area contributed by atoms with E-state index >= 15 is 0 Å². The third-order valence-electron chi connectivity index (χ3n) is 3.87. The molecule has 3 heteroatoms. The highest BCUT2D eigenvalue weighted by atomic mass is 16.1. The molecular weight excluding hydrogens is 296 g/mol. The predicted molar refractivity (Wildman–Crippen MR) is 95.2 cm³/mol. The molecule has 0 radical (unpaired) electrons. The largest absolute Gasteiger partial charge is 0.350 e. The van der Waals surface area contributed by atoms with Crippen molar-refractivity contribution in [1.29, 1.82) is 0 Å². The number of benzene rings is 2. The lowest BCUT2D eigenvalue weighted by Gasteiger charge is -2.04. The van der Waals surface area contributed by atoms with E-state index in [0.717, 1.165) is 17.5 Å². The third-order valence-corrected chi connectivity index (χ3v) is 3.87. The number of amides is 1. The van der Waals surface area contributed by atoms with Crippen LogP contribution in [0.3, 0.4) is 0 Å². The van der Waals surface area contributed by atoms with Crippen molar-refractivity contribution < 1.29 is 9.36 Å². The van der Waals surface area contributed by atoms with Gasteiger partial charge in [0.25, 0.3) is 5.91 Å². The van der Waals surface area contributed by atoms with Crippen molar-refractivity contribution in [2.24, 2.45) is 0 Å². The van der Waals surface area contributed by atoms with E-state index < -0.39 is 0 Å². The average Bonchev–Trinajstić information content (AvgIpc) is 2.63. The molecule has 0 saturated carbocycles. The number of carbonyl (C=O) groups is 1. The van der Waals surface area contributed by atoms with Crippen LogP contribution in [0.1, 0.15) is 5.56 Å². The molecule has 0 fully saturated rings. The molecule has 0 aliphatic carbocycles. The summed E-state index contributed by atoms with van der Waals surface area (Å²) in [6.45, 7) is 0.983. The van der Waals surface area contributed by atoms with Crippen molar-refractivity contribution in [1.82, 2.24) is 5.32 Å². The zero-order valence-corrected chi connectivity index (χ0v) is 13.6. The van der Waals surface area contributed by atoms with E-state index in [9.17, 15) is 4.79 Å². The molecule has 0 bridgehead atoms. The smallest absolute Gasteiger partial charge is 0.285 e. The topological polar surface area (TPSA) is 33.0 Å². The molecule has 3 aromatic rings. The summed E-state index contributed by atoms with van der Waals surface area (Å²) < 4.78 is 1.92. The van der Waals surface area contributed by atoms with Gasteiger partial charge in [-0.05, 0) is 23.6 Å². The van der Waals surface area contributed by atoms with Gasteiger partial charge in [-0.15, -0.1) is 0 Å². The summed E-state index contributed by atoms with van der Waals surface area (Å²) in [5, 5.41) is 2.98. The maximum atomic E-state index is 12.1. The van der Waals surface area contributed by atoms with Gasteiger partial charge in [0.15, 0.2) is 12.4 Å². The normalized spacial score (nSPS) is 10.3. The summed E-state index contributed by atoms with van der Waals surface area (Å²) >= 11 is 0. The molecule has 3 rings (SSSR count). The Kier molecular flexibility index (Phi) is 5.36. The number of pyridine rings is 1. The van der Waals surface area contributed by atoms with Crippen LogP contribution in [-0.2, 0) is 17.8 Å². The van der Waals surface area contributed by atoms with E-state index in [4.69, 9.17) is 0 Å². The Labute approximate surface area is 142 Å². The second-order valence-corrected chi connectivity index (χ2v) is 5.72. The van der Waals surface area contributed by atoms with Gasteiger partial charge in [0.2, 0.25) is 6.54 Å². The molecule has 2 aromatic carbocycles. The van der Waals surface area contributed by atoms with Crippen LogP contribution in [0.15, 0.2) is 85.2 Å². The van der Waals surface area contributed by atoms with E-state index in [1.165, 1.54) is 5.56 Å². The average molecular weight is 317 g/mol.